The third-order valence-electron chi connectivity index (χ3n) is 3.07. The van der Waals surface area contributed by atoms with Crippen molar-refractivity contribution in [3.63, 3.8) is 0 Å². The van der Waals surface area contributed by atoms with Gasteiger partial charge in [-0.25, -0.2) is 18.7 Å². The molecule has 4 nitrogen and oxygen atoms in total. The molecular weight excluding hydrogens is 262 g/mol. The molecular formula is C14H16F2N4. The lowest BCUT2D eigenvalue weighted by Gasteiger charge is -2.13. The molecule has 3 N–H and O–H groups in total. The fraction of sp³-hybridized carbons (Fsp3) is 0.286. The molecule has 0 spiro atoms. The molecule has 0 aliphatic rings. The summed E-state index contributed by atoms with van der Waals surface area (Å²) in [6, 6.07) is 2.59. The number of nitrogen functional groups attached to an aromatic ring is 1. The number of aromatic nitrogens is 2. The third-order valence-corrected chi connectivity index (χ3v) is 3.07. The highest BCUT2D eigenvalue weighted by Crippen LogP contribution is 2.27. The summed E-state index contributed by atoms with van der Waals surface area (Å²) in [6.07, 6.45) is 0.581. The maximum atomic E-state index is 14.0. The van der Waals surface area contributed by atoms with Gasteiger partial charge in [-0.15, -0.1) is 0 Å². The molecule has 6 heteroatoms. The lowest BCUT2D eigenvalue weighted by molar-refractivity contribution is 0.584. The number of halogens is 2. The smallest absolute Gasteiger partial charge is 0.152 e. The first-order valence-corrected chi connectivity index (χ1v) is 6.28. The van der Waals surface area contributed by atoms with E-state index in [0.29, 0.717) is 35.0 Å². The molecule has 20 heavy (non-hydrogen) atoms. The topological polar surface area (TPSA) is 63.8 Å². The van der Waals surface area contributed by atoms with Gasteiger partial charge in [0.15, 0.2) is 5.82 Å². The van der Waals surface area contributed by atoms with Crippen molar-refractivity contribution in [1.82, 2.24) is 9.97 Å². The van der Waals surface area contributed by atoms with Gasteiger partial charge in [0.05, 0.1) is 0 Å². The summed E-state index contributed by atoms with van der Waals surface area (Å²) in [5, 5.41) is 2.68. The zero-order valence-corrected chi connectivity index (χ0v) is 11.6. The number of rotatable bonds is 3. The van der Waals surface area contributed by atoms with Crippen LogP contribution in [0.2, 0.25) is 0 Å². The SMILES string of the molecule is CCc1nc(N)c(C)c(Nc2c(F)ccc(C)c2F)n1. The summed E-state index contributed by atoms with van der Waals surface area (Å²) in [6.45, 7) is 5.14. The van der Waals surface area contributed by atoms with E-state index in [0.717, 1.165) is 0 Å². The Kier molecular flexibility index (Phi) is 3.83. The molecule has 1 heterocycles. The van der Waals surface area contributed by atoms with Crippen LogP contribution in [0.15, 0.2) is 12.1 Å². The molecule has 0 amide bonds. The Bertz CT molecular complexity index is 656. The quantitative estimate of drug-likeness (QED) is 0.904. The minimum Gasteiger partial charge on any atom is -0.383 e. The fourth-order valence-corrected chi connectivity index (χ4v) is 1.75. The first kappa shape index (κ1) is 14.2. The van der Waals surface area contributed by atoms with Crippen molar-refractivity contribution >= 4 is 17.3 Å². The first-order chi connectivity index (χ1) is 9.43. The Hall–Kier alpha value is -2.24. The summed E-state index contributed by atoms with van der Waals surface area (Å²) in [5.41, 5.74) is 6.46. The van der Waals surface area contributed by atoms with Crippen LogP contribution in [-0.2, 0) is 6.42 Å². The average molecular weight is 278 g/mol. The molecule has 0 saturated heterocycles. The molecule has 0 aliphatic carbocycles. The molecule has 1 aromatic carbocycles. The highest BCUT2D eigenvalue weighted by Gasteiger charge is 2.15. The number of aryl methyl sites for hydroxylation is 2. The molecule has 1 aromatic heterocycles. The van der Waals surface area contributed by atoms with E-state index in [-0.39, 0.29) is 5.69 Å². The van der Waals surface area contributed by atoms with E-state index < -0.39 is 11.6 Å². The Morgan fingerprint density at radius 1 is 1.20 bits per heavy atom. The Labute approximate surface area is 116 Å². The van der Waals surface area contributed by atoms with Crippen LogP contribution in [0.5, 0.6) is 0 Å². The van der Waals surface area contributed by atoms with Crippen LogP contribution >= 0.6 is 0 Å². The summed E-state index contributed by atoms with van der Waals surface area (Å²) in [5.74, 6) is -0.183. The van der Waals surface area contributed by atoms with Crippen molar-refractivity contribution in [3.8, 4) is 0 Å². The maximum Gasteiger partial charge on any atom is 0.152 e. The number of hydrogen-bond donors (Lipinski definition) is 2. The summed E-state index contributed by atoms with van der Waals surface area (Å²) in [4.78, 5) is 8.32. The molecule has 0 saturated carbocycles. The maximum absolute atomic E-state index is 14.0. The minimum absolute atomic E-state index is 0.228. The van der Waals surface area contributed by atoms with Crippen molar-refractivity contribution in [3.05, 3.63) is 40.7 Å². The van der Waals surface area contributed by atoms with E-state index in [9.17, 15) is 8.78 Å². The van der Waals surface area contributed by atoms with Crippen LogP contribution in [0.3, 0.4) is 0 Å². The van der Waals surface area contributed by atoms with Gasteiger partial charge in [0, 0.05) is 12.0 Å². The van der Waals surface area contributed by atoms with Gasteiger partial charge in [-0.2, -0.15) is 0 Å². The molecule has 0 unspecified atom stereocenters. The molecule has 0 fully saturated rings. The second-order valence-electron chi connectivity index (χ2n) is 4.53. The number of nitrogens with two attached hydrogens (primary N) is 1. The molecule has 106 valence electrons. The molecule has 0 radical (unpaired) electrons. The average Bonchev–Trinajstić information content (AvgIpc) is 2.43. The van der Waals surface area contributed by atoms with E-state index in [4.69, 9.17) is 5.73 Å². The fourth-order valence-electron chi connectivity index (χ4n) is 1.75. The van der Waals surface area contributed by atoms with Crippen molar-refractivity contribution in [2.75, 3.05) is 11.1 Å². The lowest BCUT2D eigenvalue weighted by Crippen LogP contribution is -2.08. The van der Waals surface area contributed by atoms with Gasteiger partial charge in [0.1, 0.15) is 29.0 Å². The van der Waals surface area contributed by atoms with Crippen molar-refractivity contribution in [1.29, 1.82) is 0 Å². The van der Waals surface area contributed by atoms with Gasteiger partial charge in [-0.3, -0.25) is 0 Å². The number of benzene rings is 1. The number of anilines is 3. The van der Waals surface area contributed by atoms with Crippen LogP contribution in [0.25, 0.3) is 0 Å². The van der Waals surface area contributed by atoms with Gasteiger partial charge >= 0.3 is 0 Å². The predicted octanol–water partition coefficient (Wildman–Crippen LogP) is 3.26. The summed E-state index contributed by atoms with van der Waals surface area (Å²) in [7, 11) is 0. The molecule has 0 atom stereocenters. The Morgan fingerprint density at radius 2 is 1.90 bits per heavy atom. The largest absolute Gasteiger partial charge is 0.383 e. The zero-order valence-electron chi connectivity index (χ0n) is 11.6. The van der Waals surface area contributed by atoms with Crippen LogP contribution < -0.4 is 11.1 Å². The number of nitrogens with zero attached hydrogens (tertiary/aromatic N) is 2. The summed E-state index contributed by atoms with van der Waals surface area (Å²) < 4.78 is 27.7. The highest BCUT2D eigenvalue weighted by atomic mass is 19.1. The van der Waals surface area contributed by atoms with Gasteiger partial charge in [-0.1, -0.05) is 13.0 Å². The lowest BCUT2D eigenvalue weighted by atomic mass is 10.2. The zero-order chi connectivity index (χ0) is 14.9. The van der Waals surface area contributed by atoms with E-state index in [1.54, 1.807) is 13.8 Å². The Morgan fingerprint density at radius 3 is 2.55 bits per heavy atom. The van der Waals surface area contributed by atoms with Crippen LogP contribution in [0.4, 0.5) is 26.1 Å². The molecule has 0 bridgehead atoms. The van der Waals surface area contributed by atoms with Crippen LogP contribution in [0.1, 0.15) is 23.9 Å². The number of hydrogen-bond acceptors (Lipinski definition) is 4. The van der Waals surface area contributed by atoms with Crippen LogP contribution in [-0.4, -0.2) is 9.97 Å². The van der Waals surface area contributed by atoms with Crippen molar-refractivity contribution in [2.45, 2.75) is 27.2 Å². The second-order valence-corrected chi connectivity index (χ2v) is 4.53. The molecule has 2 rings (SSSR count). The van der Waals surface area contributed by atoms with Gasteiger partial charge in [0.25, 0.3) is 0 Å². The Balaban J connectivity index is 2.50. The van der Waals surface area contributed by atoms with Crippen LogP contribution in [0, 0.1) is 25.5 Å². The molecule has 2 aromatic rings. The normalized spacial score (nSPS) is 10.7. The van der Waals surface area contributed by atoms with E-state index in [1.165, 1.54) is 12.1 Å². The van der Waals surface area contributed by atoms with E-state index in [2.05, 4.69) is 15.3 Å². The van der Waals surface area contributed by atoms with Gasteiger partial charge < -0.3 is 11.1 Å². The van der Waals surface area contributed by atoms with Gasteiger partial charge in [0.2, 0.25) is 0 Å². The first-order valence-electron chi connectivity index (χ1n) is 6.28. The highest BCUT2D eigenvalue weighted by molar-refractivity contribution is 5.65. The van der Waals surface area contributed by atoms with Gasteiger partial charge in [-0.05, 0) is 25.5 Å². The summed E-state index contributed by atoms with van der Waals surface area (Å²) >= 11 is 0. The van der Waals surface area contributed by atoms with E-state index in [1.807, 2.05) is 6.92 Å². The van der Waals surface area contributed by atoms with Crippen molar-refractivity contribution in [2.24, 2.45) is 0 Å². The van der Waals surface area contributed by atoms with E-state index >= 15 is 0 Å². The third kappa shape index (κ3) is 2.54. The van der Waals surface area contributed by atoms with Crippen molar-refractivity contribution < 1.29 is 8.78 Å². The monoisotopic (exact) mass is 278 g/mol. The second kappa shape index (κ2) is 5.40. The predicted molar refractivity (Wildman–Crippen MR) is 74.9 cm³/mol. The minimum atomic E-state index is -0.678. The molecule has 0 aliphatic heterocycles. The number of nitrogens with one attached hydrogen (secondary N) is 1. The standard InChI is InChI=1S/C14H16F2N4/c1-4-10-18-13(17)8(3)14(19-10)20-12-9(15)6-5-7(2)11(12)16/h5-6H,4H2,1-3H3,(H3,17,18,19,20).